The van der Waals surface area contributed by atoms with Crippen LogP contribution in [0.25, 0.3) is 0 Å². The van der Waals surface area contributed by atoms with Crippen LogP contribution in [0.1, 0.15) is 33.1 Å². The molecule has 2 N–H and O–H groups in total. The van der Waals surface area contributed by atoms with Gasteiger partial charge in [-0.3, -0.25) is 10.1 Å². The summed E-state index contributed by atoms with van der Waals surface area (Å²) in [6.45, 7) is 3.56. The van der Waals surface area contributed by atoms with E-state index >= 15 is 0 Å². The molecule has 0 saturated carbocycles. The maximum atomic E-state index is 11.5. The van der Waals surface area contributed by atoms with Crippen LogP contribution >= 0.6 is 0 Å². The molecule has 8 nitrogen and oxygen atoms in total. The van der Waals surface area contributed by atoms with Crippen molar-refractivity contribution in [2.24, 2.45) is 0 Å². The van der Waals surface area contributed by atoms with Gasteiger partial charge in [0.25, 0.3) is 0 Å². The van der Waals surface area contributed by atoms with Crippen LogP contribution in [-0.2, 0) is 14.8 Å². The first kappa shape index (κ1) is 16.4. The van der Waals surface area contributed by atoms with Gasteiger partial charge in [-0.1, -0.05) is 0 Å². The highest BCUT2D eigenvalue weighted by Crippen LogP contribution is 2.01. The molecule has 1 aromatic heterocycles. The summed E-state index contributed by atoms with van der Waals surface area (Å²) in [5, 5.41) is 2.08. The second kappa shape index (κ2) is 7.85. The Labute approximate surface area is 118 Å². The van der Waals surface area contributed by atoms with E-state index in [4.69, 9.17) is 0 Å². The van der Waals surface area contributed by atoms with Crippen molar-refractivity contribution in [3.63, 3.8) is 0 Å². The van der Waals surface area contributed by atoms with Crippen molar-refractivity contribution in [1.82, 2.24) is 19.7 Å². The Kier molecular flexibility index (Phi) is 6.46. The summed E-state index contributed by atoms with van der Waals surface area (Å²) < 4.78 is 25.4. The Morgan fingerprint density at radius 2 is 1.90 bits per heavy atom. The van der Waals surface area contributed by atoms with Crippen molar-refractivity contribution < 1.29 is 13.2 Å². The summed E-state index contributed by atoms with van der Waals surface area (Å²) in [6.07, 6.45) is 4.05. The van der Waals surface area contributed by atoms with Crippen molar-refractivity contribution in [2.45, 2.75) is 38.4 Å². The Hall–Kier alpha value is -1.61. The highest BCUT2D eigenvalue weighted by atomic mass is 32.2. The van der Waals surface area contributed by atoms with Crippen LogP contribution in [0.4, 0.5) is 5.95 Å². The molecule has 20 heavy (non-hydrogen) atoms. The number of sulfonamides is 1. The van der Waals surface area contributed by atoms with Crippen molar-refractivity contribution in [2.75, 3.05) is 11.9 Å². The Morgan fingerprint density at radius 3 is 2.50 bits per heavy atom. The van der Waals surface area contributed by atoms with Crippen LogP contribution in [0, 0.1) is 0 Å². The monoisotopic (exact) mass is 301 g/mol. The van der Waals surface area contributed by atoms with E-state index in [9.17, 15) is 13.2 Å². The van der Waals surface area contributed by atoms with Gasteiger partial charge in [0.1, 0.15) is 12.7 Å². The average Bonchev–Trinajstić information content (AvgIpc) is 2.39. The Morgan fingerprint density at radius 1 is 1.25 bits per heavy atom. The Balaban J connectivity index is 2.17. The van der Waals surface area contributed by atoms with Gasteiger partial charge in [0.05, 0.1) is 5.25 Å². The average molecular weight is 301 g/mol. The lowest BCUT2D eigenvalue weighted by molar-refractivity contribution is -0.116. The largest absolute Gasteiger partial charge is 0.294 e. The molecule has 0 atom stereocenters. The molecule has 112 valence electrons. The molecule has 1 amide bonds. The summed E-state index contributed by atoms with van der Waals surface area (Å²) >= 11 is 0. The molecular weight excluding hydrogens is 282 g/mol. The van der Waals surface area contributed by atoms with E-state index in [0.29, 0.717) is 19.4 Å². The second-order valence-electron chi connectivity index (χ2n) is 4.46. The summed E-state index contributed by atoms with van der Waals surface area (Å²) in [6, 6.07) is 0. The van der Waals surface area contributed by atoms with Gasteiger partial charge in [-0.25, -0.2) is 28.1 Å². The second-order valence-corrected chi connectivity index (χ2v) is 6.78. The molecule has 0 aliphatic heterocycles. The summed E-state index contributed by atoms with van der Waals surface area (Å²) in [7, 11) is -3.22. The zero-order valence-electron chi connectivity index (χ0n) is 11.5. The molecular formula is C11H19N5O3S. The smallest absolute Gasteiger partial charge is 0.232 e. The number of aromatic nitrogens is 3. The van der Waals surface area contributed by atoms with Crippen LogP contribution in [0.3, 0.4) is 0 Å². The van der Waals surface area contributed by atoms with Crippen molar-refractivity contribution >= 4 is 21.9 Å². The fraction of sp³-hybridized carbons (Fsp3) is 0.636. The van der Waals surface area contributed by atoms with Crippen molar-refractivity contribution in [3.05, 3.63) is 12.7 Å². The van der Waals surface area contributed by atoms with Gasteiger partial charge in [-0.05, 0) is 26.7 Å². The number of hydrogen-bond donors (Lipinski definition) is 2. The molecule has 0 radical (unpaired) electrons. The topological polar surface area (TPSA) is 114 Å². The first-order valence-electron chi connectivity index (χ1n) is 6.32. The number of anilines is 1. The molecule has 0 aromatic carbocycles. The standard InChI is InChI=1S/C11H19N5O3S/c1-9(2)20(18,19)15-6-4-3-5-10(17)16-11-13-7-12-8-14-11/h7-9,15H,3-6H2,1-2H3,(H,12,13,14,16,17). The minimum Gasteiger partial charge on any atom is -0.294 e. The predicted molar refractivity (Wildman–Crippen MR) is 74.4 cm³/mol. The van der Waals surface area contributed by atoms with Gasteiger partial charge < -0.3 is 0 Å². The summed E-state index contributed by atoms with van der Waals surface area (Å²) in [5.41, 5.74) is 0. The number of amides is 1. The predicted octanol–water partition coefficient (Wildman–Crippen LogP) is 0.308. The van der Waals surface area contributed by atoms with E-state index in [0.717, 1.165) is 0 Å². The molecule has 0 saturated heterocycles. The zero-order valence-corrected chi connectivity index (χ0v) is 12.4. The lowest BCUT2D eigenvalue weighted by atomic mass is 10.2. The summed E-state index contributed by atoms with van der Waals surface area (Å²) in [5.74, 6) is 0.00780. The molecule has 0 aliphatic rings. The number of unbranched alkanes of at least 4 members (excludes halogenated alkanes) is 1. The van der Waals surface area contributed by atoms with Gasteiger partial charge in [0, 0.05) is 13.0 Å². The number of carbonyl (C=O) groups excluding carboxylic acids is 1. The summed E-state index contributed by atoms with van der Waals surface area (Å²) in [4.78, 5) is 22.7. The molecule has 0 aliphatic carbocycles. The molecule has 0 unspecified atom stereocenters. The third kappa shape index (κ3) is 6.02. The molecule has 0 spiro atoms. The van der Waals surface area contributed by atoms with Gasteiger partial charge in [0.2, 0.25) is 21.9 Å². The quantitative estimate of drug-likeness (QED) is 0.668. The first-order valence-corrected chi connectivity index (χ1v) is 7.87. The van der Waals surface area contributed by atoms with E-state index in [-0.39, 0.29) is 18.3 Å². The van der Waals surface area contributed by atoms with Crippen molar-refractivity contribution in [1.29, 1.82) is 0 Å². The Bertz CT molecular complexity index is 518. The third-order valence-electron chi connectivity index (χ3n) is 2.50. The van der Waals surface area contributed by atoms with Gasteiger partial charge in [-0.2, -0.15) is 0 Å². The van der Waals surface area contributed by atoms with Crippen LogP contribution in [-0.4, -0.2) is 41.1 Å². The maximum absolute atomic E-state index is 11.5. The molecule has 1 heterocycles. The SMILES string of the molecule is CC(C)S(=O)(=O)NCCCCC(=O)Nc1ncncn1. The van der Waals surface area contributed by atoms with Crippen molar-refractivity contribution in [3.8, 4) is 0 Å². The van der Waals surface area contributed by atoms with E-state index in [1.54, 1.807) is 13.8 Å². The number of nitrogens with one attached hydrogen (secondary N) is 2. The van der Waals surface area contributed by atoms with Crippen LogP contribution in [0.5, 0.6) is 0 Å². The minimum absolute atomic E-state index is 0.206. The fourth-order valence-corrected chi connectivity index (χ4v) is 2.04. The number of nitrogens with zero attached hydrogens (tertiary/aromatic N) is 3. The van der Waals surface area contributed by atoms with Gasteiger partial charge in [0.15, 0.2) is 0 Å². The van der Waals surface area contributed by atoms with Gasteiger partial charge >= 0.3 is 0 Å². The maximum Gasteiger partial charge on any atom is 0.232 e. The zero-order chi connectivity index (χ0) is 15.0. The van der Waals surface area contributed by atoms with E-state index in [2.05, 4.69) is 25.0 Å². The molecule has 0 bridgehead atoms. The number of hydrogen-bond acceptors (Lipinski definition) is 6. The van der Waals surface area contributed by atoms with Crippen LogP contribution in [0.15, 0.2) is 12.7 Å². The molecule has 0 fully saturated rings. The molecule has 1 aromatic rings. The van der Waals surface area contributed by atoms with Crippen LogP contribution < -0.4 is 10.0 Å². The number of carbonyl (C=O) groups is 1. The molecule has 1 rings (SSSR count). The fourth-order valence-electron chi connectivity index (χ4n) is 1.28. The first-order chi connectivity index (χ1) is 9.42. The lowest BCUT2D eigenvalue weighted by Crippen LogP contribution is -2.31. The normalized spacial score (nSPS) is 11.6. The van der Waals surface area contributed by atoms with Gasteiger partial charge in [-0.15, -0.1) is 0 Å². The van der Waals surface area contributed by atoms with E-state index in [1.165, 1.54) is 12.7 Å². The third-order valence-corrected chi connectivity index (χ3v) is 4.35. The highest BCUT2D eigenvalue weighted by Gasteiger charge is 2.14. The highest BCUT2D eigenvalue weighted by molar-refractivity contribution is 7.90. The van der Waals surface area contributed by atoms with E-state index < -0.39 is 15.3 Å². The lowest BCUT2D eigenvalue weighted by Gasteiger charge is -2.09. The molecule has 9 heteroatoms. The van der Waals surface area contributed by atoms with Crippen LogP contribution in [0.2, 0.25) is 0 Å². The number of rotatable bonds is 8. The van der Waals surface area contributed by atoms with E-state index in [1.807, 2.05) is 0 Å². The minimum atomic E-state index is -3.22.